The van der Waals surface area contributed by atoms with E-state index in [0.717, 1.165) is 36.5 Å². The second-order valence-electron chi connectivity index (χ2n) is 14.6. The highest BCUT2D eigenvalue weighted by atomic mass is 79.9. The van der Waals surface area contributed by atoms with Crippen LogP contribution in [0.5, 0.6) is 5.75 Å². The molecule has 2 atom stereocenters. The standard InChI is InChI=1S/C38H46Br2N10O5/c39-28-20-25(21-29(40)33(28)51)22-30(41)35(52)50(38(55)48-14-7-27(8-15-48)49-31-2-1-9-44-34(31)45-37(49)54)32(23-24-3-10-42-11-4-24)36(53)47-18-16-46(17-19-47)26-5-12-43-13-6-26/h1-2,5-6,9,12-13,20-21,24,27,30,32,42,51H,3-4,7-8,10-11,14-19,22-23,41H2,(H,44,45,54)/t30-,32+/m0/s1. The van der Waals surface area contributed by atoms with Gasteiger partial charge in [-0.1, -0.05) is 0 Å². The van der Waals surface area contributed by atoms with Crippen LogP contribution in [-0.4, -0.2) is 122 Å². The number of hydrogen-bond acceptors (Lipinski definition) is 10. The van der Waals surface area contributed by atoms with Crippen molar-refractivity contribution in [3.8, 4) is 5.75 Å². The molecule has 292 valence electrons. The van der Waals surface area contributed by atoms with Crippen molar-refractivity contribution in [1.29, 1.82) is 0 Å². The van der Waals surface area contributed by atoms with Gasteiger partial charge in [-0.3, -0.25) is 29.0 Å². The molecule has 4 aromatic rings. The van der Waals surface area contributed by atoms with E-state index in [1.165, 1.54) is 0 Å². The molecule has 0 saturated carbocycles. The normalized spacial score (nSPS) is 18.3. The number of nitrogens with zero attached hydrogens (tertiary/aromatic N) is 7. The van der Waals surface area contributed by atoms with Gasteiger partial charge < -0.3 is 30.9 Å². The summed E-state index contributed by atoms with van der Waals surface area (Å²) >= 11 is 6.72. The number of carbonyl (C=O) groups is 3. The first-order chi connectivity index (χ1) is 26.6. The lowest BCUT2D eigenvalue weighted by Gasteiger charge is -2.42. The Morgan fingerprint density at radius 1 is 0.927 bits per heavy atom. The maximum Gasteiger partial charge on any atom is 0.327 e. The van der Waals surface area contributed by atoms with Gasteiger partial charge in [0.15, 0.2) is 5.65 Å². The van der Waals surface area contributed by atoms with E-state index in [2.05, 4.69) is 57.0 Å². The molecule has 3 aliphatic heterocycles. The highest BCUT2D eigenvalue weighted by Gasteiger charge is 2.43. The number of piperidine rings is 2. The highest BCUT2D eigenvalue weighted by Crippen LogP contribution is 2.34. The second-order valence-corrected chi connectivity index (χ2v) is 16.3. The van der Waals surface area contributed by atoms with Crippen LogP contribution < -0.4 is 21.6 Å². The number of anilines is 1. The van der Waals surface area contributed by atoms with Crippen LogP contribution in [0.25, 0.3) is 11.2 Å². The number of fused-ring (bicyclic) bond motifs is 1. The Bertz CT molecular complexity index is 2030. The molecule has 0 radical (unpaired) electrons. The molecule has 55 heavy (non-hydrogen) atoms. The van der Waals surface area contributed by atoms with Gasteiger partial charge >= 0.3 is 11.7 Å². The first-order valence-electron chi connectivity index (χ1n) is 18.8. The number of nitrogens with one attached hydrogen (secondary N) is 2. The number of aromatic nitrogens is 4. The number of pyridine rings is 2. The van der Waals surface area contributed by atoms with Crippen molar-refractivity contribution in [2.75, 3.05) is 57.3 Å². The maximum atomic E-state index is 14.9. The Morgan fingerprint density at radius 2 is 1.60 bits per heavy atom. The fourth-order valence-electron chi connectivity index (χ4n) is 8.13. The van der Waals surface area contributed by atoms with E-state index < -0.39 is 24.0 Å². The lowest BCUT2D eigenvalue weighted by molar-refractivity contribution is -0.145. The summed E-state index contributed by atoms with van der Waals surface area (Å²) in [5.41, 5.74) is 9.33. The average Bonchev–Trinajstić information content (AvgIpc) is 3.55. The van der Waals surface area contributed by atoms with Crippen LogP contribution in [0, 0.1) is 5.92 Å². The van der Waals surface area contributed by atoms with Gasteiger partial charge in [0.1, 0.15) is 11.8 Å². The lowest BCUT2D eigenvalue weighted by atomic mass is 9.89. The Morgan fingerprint density at radius 3 is 2.27 bits per heavy atom. The number of benzene rings is 1. The van der Waals surface area contributed by atoms with E-state index >= 15 is 0 Å². The van der Waals surface area contributed by atoms with Gasteiger partial charge in [-0.2, -0.15) is 0 Å². The number of hydrogen-bond donors (Lipinski definition) is 4. The number of urea groups is 1. The molecule has 4 amide bonds. The molecule has 7 rings (SSSR count). The molecule has 3 saturated heterocycles. The summed E-state index contributed by atoms with van der Waals surface area (Å²) in [5, 5.41) is 13.7. The number of carbonyl (C=O) groups excluding carboxylic acids is 3. The van der Waals surface area contributed by atoms with E-state index in [0.29, 0.717) is 71.1 Å². The number of amides is 4. The Hall–Kier alpha value is -4.32. The summed E-state index contributed by atoms with van der Waals surface area (Å²) < 4.78 is 2.57. The van der Waals surface area contributed by atoms with Gasteiger partial charge in [0.05, 0.1) is 20.5 Å². The predicted octanol–water partition coefficient (Wildman–Crippen LogP) is 3.61. The lowest BCUT2D eigenvalue weighted by Crippen LogP contribution is -2.63. The van der Waals surface area contributed by atoms with Crippen molar-refractivity contribution in [2.45, 2.75) is 56.7 Å². The van der Waals surface area contributed by atoms with Crippen LogP contribution in [0.1, 0.15) is 43.7 Å². The van der Waals surface area contributed by atoms with Crippen molar-refractivity contribution < 1.29 is 19.5 Å². The zero-order chi connectivity index (χ0) is 38.6. The fraction of sp³-hybridized carbons (Fsp3) is 0.474. The van der Waals surface area contributed by atoms with Crippen LogP contribution >= 0.6 is 31.9 Å². The minimum absolute atomic E-state index is 0.0201. The number of imidazole rings is 1. The van der Waals surface area contributed by atoms with Crippen molar-refractivity contribution in [3.63, 3.8) is 0 Å². The van der Waals surface area contributed by atoms with Crippen LogP contribution in [0.15, 0.2) is 68.7 Å². The molecule has 0 spiro atoms. The molecule has 17 heteroatoms. The summed E-state index contributed by atoms with van der Waals surface area (Å²) in [5.74, 6) is -0.754. The first-order valence-corrected chi connectivity index (χ1v) is 20.4. The third kappa shape index (κ3) is 8.59. The van der Waals surface area contributed by atoms with Gasteiger partial charge in [-0.15, -0.1) is 0 Å². The summed E-state index contributed by atoms with van der Waals surface area (Å²) in [4.78, 5) is 75.4. The molecule has 0 bridgehead atoms. The molecule has 5 N–H and O–H groups in total. The van der Waals surface area contributed by atoms with E-state index in [1.54, 1.807) is 51.2 Å². The van der Waals surface area contributed by atoms with Crippen LogP contribution in [0.4, 0.5) is 10.5 Å². The van der Waals surface area contributed by atoms with Crippen LogP contribution in [0.3, 0.4) is 0 Å². The average molecular weight is 883 g/mol. The molecule has 0 unspecified atom stereocenters. The summed E-state index contributed by atoms with van der Waals surface area (Å²) in [6.45, 7) is 4.19. The molecular formula is C38H46Br2N10O5. The van der Waals surface area contributed by atoms with E-state index in [4.69, 9.17) is 5.73 Å². The van der Waals surface area contributed by atoms with E-state index in [-0.39, 0.29) is 48.8 Å². The zero-order valence-electron chi connectivity index (χ0n) is 30.4. The second kappa shape index (κ2) is 17.2. The third-order valence-electron chi connectivity index (χ3n) is 11.1. The number of halogens is 2. The van der Waals surface area contributed by atoms with Crippen LogP contribution in [-0.2, 0) is 16.0 Å². The van der Waals surface area contributed by atoms with Crippen molar-refractivity contribution in [3.05, 3.63) is 80.0 Å². The number of phenolic OH excluding ortho intramolecular Hbond substituents is 1. The SMILES string of the molecule is N[C@@H](Cc1cc(Br)c(O)c(Br)c1)C(=O)N(C(=O)N1CCC(n2c(=O)[nH]c3ncccc32)CC1)[C@H](CC1CCNCC1)C(=O)N1CCN(c2ccncc2)CC1. The van der Waals surface area contributed by atoms with Gasteiger partial charge in [-0.25, -0.2) is 14.6 Å². The largest absolute Gasteiger partial charge is 0.506 e. The Kier molecular flexibility index (Phi) is 12.2. The van der Waals surface area contributed by atoms with E-state index in [1.807, 2.05) is 18.2 Å². The molecule has 0 aliphatic carbocycles. The topological polar surface area (TPSA) is 186 Å². The molecule has 15 nitrogen and oxygen atoms in total. The quantitative estimate of drug-likeness (QED) is 0.194. The summed E-state index contributed by atoms with van der Waals surface area (Å²) in [6, 6.07) is 7.94. The number of aromatic amines is 1. The van der Waals surface area contributed by atoms with Crippen molar-refractivity contribution >= 4 is 66.6 Å². The monoisotopic (exact) mass is 880 g/mol. The number of imide groups is 1. The maximum absolute atomic E-state index is 14.9. The molecular weight excluding hydrogens is 836 g/mol. The number of aromatic hydroxyl groups is 1. The zero-order valence-corrected chi connectivity index (χ0v) is 33.6. The Labute approximate surface area is 335 Å². The number of likely N-dealkylation sites (tertiary alicyclic amines) is 1. The molecule has 3 aliphatic rings. The molecule has 3 fully saturated rings. The van der Waals surface area contributed by atoms with Gasteiger partial charge in [-0.05, 0) is 131 Å². The minimum atomic E-state index is -1.16. The van der Waals surface area contributed by atoms with Gasteiger partial charge in [0, 0.05) is 69.6 Å². The first kappa shape index (κ1) is 38.9. The van der Waals surface area contributed by atoms with Crippen LogP contribution in [0.2, 0.25) is 0 Å². The number of phenols is 1. The minimum Gasteiger partial charge on any atom is -0.506 e. The molecule has 3 aromatic heterocycles. The summed E-state index contributed by atoms with van der Waals surface area (Å²) in [6.07, 6.45) is 8.10. The van der Waals surface area contributed by atoms with E-state index in [9.17, 15) is 24.3 Å². The van der Waals surface area contributed by atoms with Gasteiger partial charge in [0.25, 0.3) is 0 Å². The Balaban J connectivity index is 1.17. The molecule has 6 heterocycles. The fourth-order valence-corrected chi connectivity index (χ4v) is 9.41. The van der Waals surface area contributed by atoms with Gasteiger partial charge in [0.2, 0.25) is 11.8 Å². The third-order valence-corrected chi connectivity index (χ3v) is 12.3. The highest BCUT2D eigenvalue weighted by molar-refractivity contribution is 9.11. The van der Waals surface area contributed by atoms with Crippen molar-refractivity contribution in [1.82, 2.24) is 39.5 Å². The number of nitrogens with two attached hydrogens (primary N) is 1. The van der Waals surface area contributed by atoms with Crippen molar-refractivity contribution in [2.24, 2.45) is 11.7 Å². The summed E-state index contributed by atoms with van der Waals surface area (Å²) in [7, 11) is 0. The smallest absolute Gasteiger partial charge is 0.327 e. The number of piperazine rings is 1. The number of H-pyrrole nitrogens is 1. The number of rotatable bonds is 9. The molecule has 1 aromatic carbocycles. The predicted molar refractivity (Wildman–Crippen MR) is 215 cm³/mol.